The van der Waals surface area contributed by atoms with Crippen LogP contribution in [0.25, 0.3) is 0 Å². The van der Waals surface area contributed by atoms with Gasteiger partial charge in [0.25, 0.3) is 5.91 Å². The van der Waals surface area contributed by atoms with Crippen LogP contribution in [0.15, 0.2) is 53.9 Å². The summed E-state index contributed by atoms with van der Waals surface area (Å²) >= 11 is 1.73. The van der Waals surface area contributed by atoms with Crippen LogP contribution in [-0.4, -0.2) is 55.0 Å². The van der Waals surface area contributed by atoms with Crippen molar-refractivity contribution in [3.05, 3.63) is 81.0 Å². The molecule has 0 saturated heterocycles. The molecule has 2 aromatic carbocycles. The molecule has 6 nitrogen and oxygen atoms in total. The van der Waals surface area contributed by atoms with Crippen LogP contribution < -0.4 is 9.47 Å². The molecule has 202 valence electrons. The summed E-state index contributed by atoms with van der Waals surface area (Å²) in [6, 6.07) is 15.1. The maximum atomic E-state index is 13.8. The summed E-state index contributed by atoms with van der Waals surface area (Å²) in [5.74, 6) is 1.61. The number of methoxy groups -OCH3 is 1. The highest BCUT2D eigenvalue weighted by molar-refractivity contribution is 7.10. The van der Waals surface area contributed by atoms with E-state index in [1.165, 1.54) is 10.4 Å². The summed E-state index contributed by atoms with van der Waals surface area (Å²) in [5.41, 5.74) is 3.96. The second-order valence-corrected chi connectivity index (χ2v) is 11.2. The molecule has 0 N–H and O–H groups in total. The lowest BCUT2D eigenvalue weighted by atomic mass is 10.00. The van der Waals surface area contributed by atoms with Gasteiger partial charge in [-0.2, -0.15) is 0 Å². The third-order valence-electron chi connectivity index (χ3n) is 7.32. The zero-order valence-corrected chi connectivity index (χ0v) is 23.8. The first-order valence-electron chi connectivity index (χ1n) is 13.3. The third kappa shape index (κ3) is 6.38. The second kappa shape index (κ2) is 12.5. The summed E-state index contributed by atoms with van der Waals surface area (Å²) < 4.78 is 11.5. The molecule has 0 unspecified atom stereocenters. The Kier molecular flexibility index (Phi) is 9.10. The molecule has 0 saturated carbocycles. The van der Waals surface area contributed by atoms with E-state index < -0.39 is 0 Å². The highest BCUT2D eigenvalue weighted by Gasteiger charge is 2.34. The van der Waals surface area contributed by atoms with Crippen LogP contribution in [0, 0.1) is 19.8 Å². The summed E-state index contributed by atoms with van der Waals surface area (Å²) in [5, 5.41) is 2.09. The fraction of sp³-hybridized carbons (Fsp3) is 0.419. The summed E-state index contributed by atoms with van der Waals surface area (Å²) in [6.45, 7) is 9.86. The lowest BCUT2D eigenvalue weighted by Crippen LogP contribution is -2.48. The number of ether oxygens (including phenoxy) is 2. The van der Waals surface area contributed by atoms with E-state index in [1.54, 1.807) is 47.6 Å². The minimum absolute atomic E-state index is 0.0364. The van der Waals surface area contributed by atoms with Crippen molar-refractivity contribution >= 4 is 23.2 Å². The van der Waals surface area contributed by atoms with E-state index in [4.69, 9.17) is 9.47 Å². The zero-order chi connectivity index (χ0) is 27.2. The van der Waals surface area contributed by atoms with Crippen molar-refractivity contribution in [3.63, 3.8) is 0 Å². The Morgan fingerprint density at radius 3 is 2.58 bits per heavy atom. The molecule has 0 fully saturated rings. The number of thiophene rings is 1. The SMILES string of the molecule is CC[C@@H](C)CN(CC(=O)N1CCc2sccc2[C@H]1COc1ccc(C)cc1C)C(=O)c1ccc(OC)cc1. The van der Waals surface area contributed by atoms with E-state index in [9.17, 15) is 9.59 Å². The van der Waals surface area contributed by atoms with Crippen LogP contribution >= 0.6 is 11.3 Å². The van der Waals surface area contributed by atoms with Gasteiger partial charge in [0, 0.05) is 23.5 Å². The Morgan fingerprint density at radius 1 is 1.13 bits per heavy atom. The molecule has 1 aliphatic heterocycles. The highest BCUT2D eigenvalue weighted by atomic mass is 32.1. The van der Waals surface area contributed by atoms with E-state index in [1.807, 2.05) is 24.0 Å². The molecule has 0 aliphatic carbocycles. The predicted octanol–water partition coefficient (Wildman–Crippen LogP) is 6.07. The smallest absolute Gasteiger partial charge is 0.254 e. The first-order valence-corrected chi connectivity index (χ1v) is 14.2. The monoisotopic (exact) mass is 534 g/mol. The van der Waals surface area contributed by atoms with Crippen molar-refractivity contribution in [2.45, 2.75) is 46.6 Å². The van der Waals surface area contributed by atoms with Crippen molar-refractivity contribution in [1.29, 1.82) is 0 Å². The highest BCUT2D eigenvalue weighted by Crippen LogP contribution is 2.34. The molecule has 1 aliphatic rings. The van der Waals surface area contributed by atoms with Gasteiger partial charge < -0.3 is 19.3 Å². The van der Waals surface area contributed by atoms with Crippen LogP contribution in [-0.2, 0) is 11.2 Å². The topological polar surface area (TPSA) is 59.1 Å². The van der Waals surface area contributed by atoms with Crippen LogP contribution in [0.1, 0.15) is 58.2 Å². The van der Waals surface area contributed by atoms with Gasteiger partial charge in [0.2, 0.25) is 5.91 Å². The number of aryl methyl sites for hydroxylation is 2. The fourth-order valence-electron chi connectivity index (χ4n) is 4.90. The van der Waals surface area contributed by atoms with E-state index >= 15 is 0 Å². The molecule has 2 amide bonds. The Bertz CT molecular complexity index is 1250. The Morgan fingerprint density at radius 2 is 1.89 bits per heavy atom. The van der Waals surface area contributed by atoms with Crippen molar-refractivity contribution in [2.75, 3.05) is 33.4 Å². The molecular formula is C31H38N2O4S. The van der Waals surface area contributed by atoms with Crippen molar-refractivity contribution < 1.29 is 19.1 Å². The normalized spacial score (nSPS) is 15.5. The Labute approximate surface area is 230 Å². The fourth-order valence-corrected chi connectivity index (χ4v) is 5.83. The molecule has 0 bridgehead atoms. The van der Waals surface area contributed by atoms with Gasteiger partial charge in [-0.05, 0) is 79.1 Å². The summed E-state index contributed by atoms with van der Waals surface area (Å²) in [6.07, 6.45) is 1.74. The minimum Gasteiger partial charge on any atom is -0.497 e. The molecule has 0 radical (unpaired) electrons. The molecule has 7 heteroatoms. The van der Waals surface area contributed by atoms with Gasteiger partial charge in [0.15, 0.2) is 0 Å². The molecule has 4 rings (SSSR count). The number of nitrogens with zero attached hydrogens (tertiary/aromatic N) is 2. The maximum absolute atomic E-state index is 13.8. The van der Waals surface area contributed by atoms with Crippen LogP contribution in [0.2, 0.25) is 0 Å². The average molecular weight is 535 g/mol. The van der Waals surface area contributed by atoms with Crippen LogP contribution in [0.5, 0.6) is 11.5 Å². The van der Waals surface area contributed by atoms with Crippen molar-refractivity contribution in [2.24, 2.45) is 5.92 Å². The Hall–Kier alpha value is -3.32. The largest absolute Gasteiger partial charge is 0.497 e. The van der Waals surface area contributed by atoms with Gasteiger partial charge >= 0.3 is 0 Å². The van der Waals surface area contributed by atoms with Gasteiger partial charge in [-0.3, -0.25) is 9.59 Å². The van der Waals surface area contributed by atoms with Crippen molar-refractivity contribution in [3.8, 4) is 11.5 Å². The number of amides is 2. The molecule has 1 aromatic heterocycles. The molecule has 3 aromatic rings. The maximum Gasteiger partial charge on any atom is 0.254 e. The standard InChI is InChI=1S/C31H38N2O4S/c1-6-21(2)18-32(31(35)24-8-10-25(36-5)11-9-24)19-30(34)33-15-13-29-26(14-16-38-29)27(33)20-37-28-12-7-22(3)17-23(28)4/h7-12,14,16-17,21,27H,6,13,15,18-20H2,1-5H3/t21-,27-/m1/s1. The zero-order valence-electron chi connectivity index (χ0n) is 23.0. The van der Waals surface area contributed by atoms with Crippen molar-refractivity contribution in [1.82, 2.24) is 9.80 Å². The van der Waals surface area contributed by atoms with Gasteiger partial charge in [-0.1, -0.05) is 38.0 Å². The van der Waals surface area contributed by atoms with Gasteiger partial charge in [-0.15, -0.1) is 11.3 Å². The van der Waals surface area contributed by atoms with Gasteiger partial charge in [0.1, 0.15) is 24.7 Å². The minimum atomic E-state index is -0.195. The number of rotatable bonds is 10. The van der Waals surface area contributed by atoms with Gasteiger partial charge in [-0.25, -0.2) is 0 Å². The van der Waals surface area contributed by atoms with Crippen LogP contribution in [0.3, 0.4) is 0 Å². The third-order valence-corrected chi connectivity index (χ3v) is 8.32. The quantitative estimate of drug-likeness (QED) is 0.317. The number of hydrogen-bond acceptors (Lipinski definition) is 5. The van der Waals surface area contributed by atoms with Crippen LogP contribution in [0.4, 0.5) is 0 Å². The number of hydrogen-bond donors (Lipinski definition) is 0. The number of fused-ring (bicyclic) bond motifs is 1. The molecule has 38 heavy (non-hydrogen) atoms. The second-order valence-electron chi connectivity index (χ2n) is 10.2. The van der Waals surface area contributed by atoms with Gasteiger partial charge in [0.05, 0.1) is 13.2 Å². The lowest BCUT2D eigenvalue weighted by Gasteiger charge is -2.37. The van der Waals surface area contributed by atoms with E-state index in [0.29, 0.717) is 31.0 Å². The summed E-state index contributed by atoms with van der Waals surface area (Å²) in [4.78, 5) is 32.3. The summed E-state index contributed by atoms with van der Waals surface area (Å²) in [7, 11) is 1.60. The molecule has 2 atom stereocenters. The first-order chi connectivity index (χ1) is 18.3. The Balaban J connectivity index is 1.54. The first kappa shape index (κ1) is 27.7. The molecular weight excluding hydrogens is 496 g/mol. The van der Waals surface area contributed by atoms with E-state index in [0.717, 1.165) is 29.7 Å². The number of carbonyl (C=O) groups is 2. The van der Waals surface area contributed by atoms with E-state index in [-0.39, 0.29) is 30.3 Å². The van der Waals surface area contributed by atoms with E-state index in [2.05, 4.69) is 38.3 Å². The number of benzene rings is 2. The average Bonchev–Trinajstić information content (AvgIpc) is 3.41. The predicted molar refractivity (Wildman–Crippen MR) is 152 cm³/mol. The lowest BCUT2D eigenvalue weighted by molar-refractivity contribution is -0.135. The molecule has 0 spiro atoms. The number of carbonyl (C=O) groups excluding carboxylic acids is 2. The molecule has 2 heterocycles.